The lowest BCUT2D eigenvalue weighted by Crippen LogP contribution is -2.68. The lowest BCUT2D eigenvalue weighted by Gasteiger charge is -2.47. The van der Waals surface area contributed by atoms with E-state index in [2.05, 4.69) is 10.2 Å². The molecule has 6 heteroatoms. The second-order valence-corrected chi connectivity index (χ2v) is 5.90. The van der Waals surface area contributed by atoms with E-state index in [1.807, 2.05) is 7.05 Å². The first kappa shape index (κ1) is 12.6. The lowest BCUT2D eigenvalue weighted by atomic mass is 9.66. The van der Waals surface area contributed by atoms with Crippen molar-refractivity contribution in [1.29, 1.82) is 0 Å². The molecule has 0 radical (unpaired) electrons. The standard InChI is InChI=1S/C13H19N3O3/c1-15-7-3-9(4-8-15)16-11(18)13(5-2-6-13)10(17)14-12(16)19/h9H,2-8H2,1H3,(H,14,17,19). The van der Waals surface area contributed by atoms with E-state index in [9.17, 15) is 14.4 Å². The van der Waals surface area contributed by atoms with Crippen LogP contribution in [0.5, 0.6) is 0 Å². The van der Waals surface area contributed by atoms with Gasteiger partial charge < -0.3 is 4.90 Å². The molecular weight excluding hydrogens is 246 g/mol. The van der Waals surface area contributed by atoms with Gasteiger partial charge in [-0.25, -0.2) is 4.79 Å². The number of nitrogens with one attached hydrogen (secondary N) is 1. The predicted octanol–water partition coefficient (Wildman–Crippen LogP) is 0.329. The molecular formula is C13H19N3O3. The number of carbonyl (C=O) groups excluding carboxylic acids is 3. The van der Waals surface area contributed by atoms with E-state index in [0.29, 0.717) is 12.8 Å². The molecule has 0 atom stereocenters. The summed E-state index contributed by atoms with van der Waals surface area (Å²) < 4.78 is 0. The molecule has 2 heterocycles. The van der Waals surface area contributed by atoms with Crippen LogP contribution in [0.4, 0.5) is 4.79 Å². The van der Waals surface area contributed by atoms with Crippen LogP contribution in [0.3, 0.4) is 0 Å². The third-order valence-corrected chi connectivity index (χ3v) is 4.76. The molecule has 0 aromatic rings. The first-order chi connectivity index (χ1) is 9.04. The van der Waals surface area contributed by atoms with Gasteiger partial charge in [-0.2, -0.15) is 0 Å². The summed E-state index contributed by atoms with van der Waals surface area (Å²) in [7, 11) is 2.03. The van der Waals surface area contributed by atoms with Crippen LogP contribution >= 0.6 is 0 Å². The van der Waals surface area contributed by atoms with Gasteiger partial charge in [0, 0.05) is 6.04 Å². The number of likely N-dealkylation sites (tertiary alicyclic amines) is 1. The van der Waals surface area contributed by atoms with Gasteiger partial charge in [0.05, 0.1) is 0 Å². The Morgan fingerprint density at radius 3 is 2.32 bits per heavy atom. The molecule has 0 aromatic heterocycles. The zero-order chi connectivity index (χ0) is 13.6. The Morgan fingerprint density at radius 2 is 1.79 bits per heavy atom. The van der Waals surface area contributed by atoms with Gasteiger partial charge in [0.25, 0.3) is 0 Å². The third-order valence-electron chi connectivity index (χ3n) is 4.76. The molecule has 4 amide bonds. The fourth-order valence-electron chi connectivity index (χ4n) is 3.25. The van der Waals surface area contributed by atoms with Crippen molar-refractivity contribution < 1.29 is 14.4 Å². The molecule has 3 fully saturated rings. The van der Waals surface area contributed by atoms with Gasteiger partial charge >= 0.3 is 6.03 Å². The van der Waals surface area contributed by atoms with Crippen molar-refractivity contribution in [1.82, 2.24) is 15.1 Å². The monoisotopic (exact) mass is 265 g/mol. The highest BCUT2D eigenvalue weighted by atomic mass is 16.2. The summed E-state index contributed by atoms with van der Waals surface area (Å²) in [6, 6.07) is -0.587. The number of nitrogens with zero attached hydrogens (tertiary/aromatic N) is 2. The maximum atomic E-state index is 12.6. The molecule has 0 unspecified atom stereocenters. The summed E-state index contributed by atoms with van der Waals surface area (Å²) >= 11 is 0. The van der Waals surface area contributed by atoms with E-state index in [1.54, 1.807) is 0 Å². The van der Waals surface area contributed by atoms with E-state index in [-0.39, 0.29) is 11.9 Å². The van der Waals surface area contributed by atoms with Crippen LogP contribution in [0.1, 0.15) is 32.1 Å². The number of piperidine rings is 1. The highest BCUT2D eigenvalue weighted by Gasteiger charge is 2.58. The summed E-state index contributed by atoms with van der Waals surface area (Å²) in [5.74, 6) is -0.653. The molecule has 2 saturated heterocycles. The minimum atomic E-state index is -0.933. The minimum absolute atomic E-state index is 0.0609. The fraction of sp³-hybridized carbons (Fsp3) is 0.769. The summed E-state index contributed by atoms with van der Waals surface area (Å²) in [5, 5.41) is 2.37. The molecule has 1 aliphatic carbocycles. The van der Waals surface area contributed by atoms with Crippen molar-refractivity contribution >= 4 is 17.8 Å². The largest absolute Gasteiger partial charge is 0.331 e. The Bertz CT molecular complexity index is 436. The van der Waals surface area contributed by atoms with Crippen molar-refractivity contribution in [3.8, 4) is 0 Å². The minimum Gasteiger partial charge on any atom is -0.306 e. The fourth-order valence-corrected chi connectivity index (χ4v) is 3.25. The first-order valence-electron chi connectivity index (χ1n) is 6.92. The maximum Gasteiger partial charge on any atom is 0.331 e. The van der Waals surface area contributed by atoms with Gasteiger partial charge in [0.15, 0.2) is 0 Å². The van der Waals surface area contributed by atoms with Crippen LogP contribution in [-0.2, 0) is 9.59 Å². The van der Waals surface area contributed by atoms with E-state index in [0.717, 1.165) is 32.4 Å². The van der Waals surface area contributed by atoms with Gasteiger partial charge in [-0.3, -0.25) is 19.8 Å². The Hall–Kier alpha value is -1.43. The molecule has 19 heavy (non-hydrogen) atoms. The normalized spacial score (nSPS) is 28.5. The van der Waals surface area contributed by atoms with Gasteiger partial charge in [-0.05, 0) is 45.8 Å². The third kappa shape index (κ3) is 1.77. The second kappa shape index (κ2) is 4.30. The van der Waals surface area contributed by atoms with Crippen LogP contribution < -0.4 is 5.32 Å². The SMILES string of the molecule is CN1CCC(N2C(=O)NC(=O)C3(CCC3)C2=O)CC1. The summed E-state index contributed by atoms with van der Waals surface area (Å²) in [5.41, 5.74) is -0.933. The van der Waals surface area contributed by atoms with E-state index < -0.39 is 17.4 Å². The number of urea groups is 1. The molecule has 1 saturated carbocycles. The van der Waals surface area contributed by atoms with Gasteiger partial charge in [-0.15, -0.1) is 0 Å². The van der Waals surface area contributed by atoms with Crippen molar-refractivity contribution in [2.24, 2.45) is 5.41 Å². The predicted molar refractivity (Wildman–Crippen MR) is 67.2 cm³/mol. The van der Waals surface area contributed by atoms with Gasteiger partial charge in [0.1, 0.15) is 5.41 Å². The number of imide groups is 2. The highest BCUT2D eigenvalue weighted by molar-refractivity contribution is 6.19. The number of hydrogen-bond donors (Lipinski definition) is 1. The van der Waals surface area contributed by atoms with Gasteiger partial charge in [-0.1, -0.05) is 6.42 Å². The van der Waals surface area contributed by atoms with Crippen molar-refractivity contribution in [3.05, 3.63) is 0 Å². The van der Waals surface area contributed by atoms with Gasteiger partial charge in [0.2, 0.25) is 11.8 Å². The average Bonchev–Trinajstić information content (AvgIpc) is 2.29. The van der Waals surface area contributed by atoms with Crippen LogP contribution in [0, 0.1) is 5.41 Å². The van der Waals surface area contributed by atoms with E-state index in [1.165, 1.54) is 4.90 Å². The maximum absolute atomic E-state index is 12.6. The Labute approximate surface area is 112 Å². The number of barbiturate groups is 1. The number of hydrogen-bond acceptors (Lipinski definition) is 4. The van der Waals surface area contributed by atoms with Crippen molar-refractivity contribution in [3.63, 3.8) is 0 Å². The molecule has 0 aromatic carbocycles. The summed E-state index contributed by atoms with van der Waals surface area (Å²) in [4.78, 5) is 40.0. The van der Waals surface area contributed by atoms with Crippen LogP contribution in [-0.4, -0.2) is 53.8 Å². The molecule has 1 spiro atoms. The molecule has 1 N–H and O–H groups in total. The van der Waals surface area contributed by atoms with Crippen molar-refractivity contribution in [2.75, 3.05) is 20.1 Å². The number of rotatable bonds is 1. The molecule has 6 nitrogen and oxygen atoms in total. The zero-order valence-corrected chi connectivity index (χ0v) is 11.1. The number of carbonyl (C=O) groups is 3. The van der Waals surface area contributed by atoms with E-state index in [4.69, 9.17) is 0 Å². The van der Waals surface area contributed by atoms with Crippen LogP contribution in [0.25, 0.3) is 0 Å². The molecule has 104 valence electrons. The molecule has 3 aliphatic rings. The molecule has 3 rings (SSSR count). The number of amides is 4. The van der Waals surface area contributed by atoms with Crippen molar-refractivity contribution in [2.45, 2.75) is 38.1 Å². The molecule has 0 bridgehead atoms. The second-order valence-electron chi connectivity index (χ2n) is 5.90. The first-order valence-corrected chi connectivity index (χ1v) is 6.92. The zero-order valence-electron chi connectivity index (χ0n) is 11.1. The van der Waals surface area contributed by atoms with Crippen LogP contribution in [0.2, 0.25) is 0 Å². The highest BCUT2D eigenvalue weighted by Crippen LogP contribution is 2.45. The lowest BCUT2D eigenvalue weighted by molar-refractivity contribution is -0.159. The quantitative estimate of drug-likeness (QED) is 0.694. The smallest absolute Gasteiger partial charge is 0.306 e. The van der Waals surface area contributed by atoms with Crippen LogP contribution in [0.15, 0.2) is 0 Å². The Morgan fingerprint density at radius 1 is 1.16 bits per heavy atom. The average molecular weight is 265 g/mol. The Balaban J connectivity index is 1.82. The topological polar surface area (TPSA) is 69.7 Å². The Kier molecular flexibility index (Phi) is 2.85. The molecule has 2 aliphatic heterocycles. The summed E-state index contributed by atoms with van der Waals surface area (Å²) in [6.07, 6.45) is 3.62. The van der Waals surface area contributed by atoms with E-state index >= 15 is 0 Å². The summed E-state index contributed by atoms with van der Waals surface area (Å²) in [6.45, 7) is 1.76.